The molecular formula is C13H13Cl2NO3S2. The molecule has 1 unspecified atom stereocenters. The van der Waals surface area contributed by atoms with Gasteiger partial charge in [-0.25, -0.2) is 13.1 Å². The molecule has 0 spiro atoms. The van der Waals surface area contributed by atoms with Crippen molar-refractivity contribution in [2.75, 3.05) is 13.7 Å². The highest BCUT2D eigenvalue weighted by Gasteiger charge is 2.21. The van der Waals surface area contributed by atoms with Crippen LogP contribution < -0.4 is 4.72 Å². The van der Waals surface area contributed by atoms with Gasteiger partial charge in [0.25, 0.3) is 0 Å². The number of rotatable bonds is 6. The maximum Gasteiger partial charge on any atom is 0.242 e. The zero-order chi connectivity index (χ0) is 15.5. The quantitative estimate of drug-likeness (QED) is 0.848. The molecule has 0 saturated heterocycles. The smallest absolute Gasteiger partial charge is 0.242 e. The number of halogens is 2. The van der Waals surface area contributed by atoms with Crippen LogP contribution in [0.2, 0.25) is 10.0 Å². The van der Waals surface area contributed by atoms with Gasteiger partial charge in [0.05, 0.1) is 11.1 Å². The van der Waals surface area contributed by atoms with E-state index in [2.05, 4.69) is 4.72 Å². The molecule has 114 valence electrons. The summed E-state index contributed by atoms with van der Waals surface area (Å²) >= 11 is 13.3. The fourth-order valence-corrected chi connectivity index (χ4v) is 4.24. The number of nitrogens with one attached hydrogen (secondary N) is 1. The van der Waals surface area contributed by atoms with E-state index in [0.717, 1.165) is 5.56 Å². The van der Waals surface area contributed by atoms with Crippen LogP contribution in [0.4, 0.5) is 0 Å². The predicted molar refractivity (Wildman–Crippen MR) is 85.7 cm³/mol. The van der Waals surface area contributed by atoms with Crippen LogP contribution in [0.5, 0.6) is 0 Å². The van der Waals surface area contributed by atoms with Gasteiger partial charge in [-0.3, -0.25) is 0 Å². The van der Waals surface area contributed by atoms with Crippen molar-refractivity contribution in [3.8, 4) is 0 Å². The topological polar surface area (TPSA) is 55.4 Å². The van der Waals surface area contributed by atoms with Crippen molar-refractivity contribution in [2.24, 2.45) is 0 Å². The average Bonchev–Trinajstić information content (AvgIpc) is 2.96. The minimum absolute atomic E-state index is 0.0446. The second-order valence-electron chi connectivity index (χ2n) is 4.21. The Hall–Kier alpha value is -0.630. The zero-order valence-corrected chi connectivity index (χ0v) is 14.2. The molecule has 0 bridgehead atoms. The van der Waals surface area contributed by atoms with Gasteiger partial charge >= 0.3 is 0 Å². The van der Waals surface area contributed by atoms with E-state index in [4.69, 9.17) is 27.9 Å². The Balaban J connectivity index is 2.16. The molecule has 8 heteroatoms. The maximum atomic E-state index is 12.3. The third kappa shape index (κ3) is 4.18. The number of methoxy groups -OCH3 is 1. The monoisotopic (exact) mass is 365 g/mol. The molecule has 1 heterocycles. The fourth-order valence-electron chi connectivity index (χ4n) is 1.74. The first-order valence-electron chi connectivity index (χ1n) is 5.93. The lowest BCUT2D eigenvalue weighted by Gasteiger charge is -2.15. The van der Waals surface area contributed by atoms with E-state index in [0.29, 0.717) is 5.02 Å². The molecule has 0 aliphatic rings. The molecule has 1 N–H and O–H groups in total. The van der Waals surface area contributed by atoms with Crippen molar-refractivity contribution in [1.29, 1.82) is 0 Å². The molecule has 2 aromatic rings. The van der Waals surface area contributed by atoms with Gasteiger partial charge in [-0.1, -0.05) is 23.2 Å². The first kappa shape index (κ1) is 16.7. The van der Waals surface area contributed by atoms with Crippen LogP contribution in [-0.4, -0.2) is 22.1 Å². The first-order chi connectivity index (χ1) is 9.94. The van der Waals surface area contributed by atoms with Gasteiger partial charge in [-0.2, -0.15) is 11.3 Å². The molecule has 0 saturated carbocycles. The lowest BCUT2D eigenvalue weighted by atomic mass is 10.2. The summed E-state index contributed by atoms with van der Waals surface area (Å²) in [5, 5.41) is 4.25. The minimum atomic E-state index is -3.75. The van der Waals surface area contributed by atoms with Crippen molar-refractivity contribution in [3.63, 3.8) is 0 Å². The lowest BCUT2D eigenvalue weighted by molar-refractivity contribution is 0.107. The van der Waals surface area contributed by atoms with Crippen molar-refractivity contribution < 1.29 is 13.2 Å². The minimum Gasteiger partial charge on any atom is -0.375 e. The number of sulfonamides is 1. The Bertz CT molecular complexity index is 702. The van der Waals surface area contributed by atoms with E-state index < -0.39 is 10.0 Å². The standard InChI is InChI=1S/C13H13Cl2NO3S2/c1-19-12(9-4-5-20-8-9)7-16-21(17,18)13-6-10(14)2-3-11(13)15/h2-6,8,12,16H,7H2,1H3. The number of ether oxygens (including phenoxy) is 1. The first-order valence-corrected chi connectivity index (χ1v) is 9.12. The van der Waals surface area contributed by atoms with Crippen LogP contribution >= 0.6 is 34.5 Å². The van der Waals surface area contributed by atoms with Gasteiger partial charge in [0, 0.05) is 18.7 Å². The summed E-state index contributed by atoms with van der Waals surface area (Å²) in [5.74, 6) is 0. The second kappa shape index (κ2) is 7.09. The van der Waals surface area contributed by atoms with Gasteiger partial charge < -0.3 is 4.74 Å². The summed E-state index contributed by atoms with van der Waals surface area (Å²) in [6.45, 7) is 0.110. The number of hydrogen-bond donors (Lipinski definition) is 1. The van der Waals surface area contributed by atoms with Crippen LogP contribution in [0.1, 0.15) is 11.7 Å². The van der Waals surface area contributed by atoms with Crippen LogP contribution in [-0.2, 0) is 14.8 Å². The van der Waals surface area contributed by atoms with Crippen LogP contribution in [0.3, 0.4) is 0 Å². The third-order valence-corrected chi connectivity index (χ3v) is 5.68. The Morgan fingerprint density at radius 1 is 1.33 bits per heavy atom. The summed E-state index contributed by atoms with van der Waals surface area (Å²) < 4.78 is 32.4. The number of benzene rings is 1. The summed E-state index contributed by atoms with van der Waals surface area (Å²) in [5.41, 5.74) is 0.919. The predicted octanol–water partition coefficient (Wildman–Crippen LogP) is 3.72. The molecule has 0 aliphatic heterocycles. The average molecular weight is 366 g/mol. The Kier molecular flexibility index (Phi) is 5.65. The Labute approximate surface area is 137 Å². The van der Waals surface area contributed by atoms with Crippen molar-refractivity contribution >= 4 is 44.6 Å². The van der Waals surface area contributed by atoms with Crippen LogP contribution in [0.25, 0.3) is 0 Å². The molecular weight excluding hydrogens is 353 g/mol. The van der Waals surface area contributed by atoms with Gasteiger partial charge in [0.2, 0.25) is 10.0 Å². The molecule has 21 heavy (non-hydrogen) atoms. The van der Waals surface area contributed by atoms with Gasteiger partial charge in [0.1, 0.15) is 4.90 Å². The summed E-state index contributed by atoms with van der Waals surface area (Å²) in [6.07, 6.45) is -0.357. The third-order valence-electron chi connectivity index (χ3n) is 2.84. The van der Waals surface area contributed by atoms with E-state index in [-0.39, 0.29) is 22.6 Å². The lowest BCUT2D eigenvalue weighted by Crippen LogP contribution is -2.29. The van der Waals surface area contributed by atoms with Gasteiger partial charge in [-0.05, 0) is 40.6 Å². The molecule has 4 nitrogen and oxygen atoms in total. The summed E-state index contributed by atoms with van der Waals surface area (Å²) in [6, 6.07) is 6.19. The zero-order valence-electron chi connectivity index (χ0n) is 11.0. The molecule has 1 aromatic carbocycles. The SMILES string of the molecule is COC(CNS(=O)(=O)c1cc(Cl)ccc1Cl)c1ccsc1. The van der Waals surface area contributed by atoms with Gasteiger partial charge in [-0.15, -0.1) is 0 Å². The molecule has 0 radical (unpaired) electrons. The second-order valence-corrected chi connectivity index (χ2v) is 7.57. The normalized spacial score (nSPS) is 13.3. The van der Waals surface area contributed by atoms with E-state index in [1.165, 1.54) is 36.6 Å². The number of thiophene rings is 1. The summed E-state index contributed by atoms with van der Waals surface area (Å²) in [7, 11) is -2.22. The Morgan fingerprint density at radius 2 is 2.10 bits per heavy atom. The molecule has 1 atom stereocenters. The molecule has 0 aliphatic carbocycles. The highest BCUT2D eigenvalue weighted by molar-refractivity contribution is 7.89. The van der Waals surface area contributed by atoms with Crippen molar-refractivity contribution in [2.45, 2.75) is 11.0 Å². The van der Waals surface area contributed by atoms with E-state index in [1.807, 2.05) is 16.8 Å². The summed E-state index contributed by atoms with van der Waals surface area (Å²) in [4.78, 5) is -0.0446. The number of hydrogen-bond acceptors (Lipinski definition) is 4. The maximum absolute atomic E-state index is 12.3. The van der Waals surface area contributed by atoms with Crippen LogP contribution in [0.15, 0.2) is 39.9 Å². The van der Waals surface area contributed by atoms with Gasteiger partial charge in [0.15, 0.2) is 0 Å². The van der Waals surface area contributed by atoms with Crippen molar-refractivity contribution in [1.82, 2.24) is 4.72 Å². The van der Waals surface area contributed by atoms with Crippen molar-refractivity contribution in [3.05, 3.63) is 50.6 Å². The molecule has 0 fully saturated rings. The highest BCUT2D eigenvalue weighted by atomic mass is 35.5. The Morgan fingerprint density at radius 3 is 2.71 bits per heavy atom. The van der Waals surface area contributed by atoms with E-state index in [9.17, 15) is 8.42 Å². The van der Waals surface area contributed by atoms with Crippen LogP contribution in [0, 0.1) is 0 Å². The molecule has 1 aromatic heterocycles. The molecule has 2 rings (SSSR count). The van der Waals surface area contributed by atoms with E-state index >= 15 is 0 Å². The largest absolute Gasteiger partial charge is 0.375 e. The van der Waals surface area contributed by atoms with E-state index in [1.54, 1.807) is 0 Å². The molecule has 0 amide bonds. The fraction of sp³-hybridized carbons (Fsp3) is 0.231. The highest BCUT2D eigenvalue weighted by Crippen LogP contribution is 2.25.